The molecule has 0 aromatic heterocycles. The number of sulfonamides is 1. The van der Waals surface area contributed by atoms with Gasteiger partial charge in [-0.15, -0.1) is 0 Å². The second kappa shape index (κ2) is 6.58. The lowest BCUT2D eigenvalue weighted by molar-refractivity contribution is -0.137. The van der Waals surface area contributed by atoms with E-state index >= 15 is 0 Å². The van der Waals surface area contributed by atoms with Crippen molar-refractivity contribution in [2.24, 2.45) is 5.92 Å². The Morgan fingerprint density at radius 1 is 1.33 bits per heavy atom. The number of hydrogen-bond acceptors (Lipinski definition) is 3. The van der Waals surface area contributed by atoms with Gasteiger partial charge in [-0.3, -0.25) is 4.79 Å². The summed E-state index contributed by atoms with van der Waals surface area (Å²) in [6.07, 6.45) is 2.25. The Labute approximate surface area is 125 Å². The first-order valence-electron chi connectivity index (χ1n) is 7.24. The summed E-state index contributed by atoms with van der Waals surface area (Å²) in [5.41, 5.74) is 1.11. The zero-order valence-electron chi connectivity index (χ0n) is 12.2. The molecule has 1 unspecified atom stereocenters. The van der Waals surface area contributed by atoms with Crippen LogP contribution in [0.15, 0.2) is 29.2 Å². The monoisotopic (exact) mass is 311 g/mol. The van der Waals surface area contributed by atoms with Gasteiger partial charge in [-0.25, -0.2) is 8.42 Å². The molecule has 1 aliphatic rings. The van der Waals surface area contributed by atoms with Crippen LogP contribution in [0.2, 0.25) is 0 Å². The fourth-order valence-corrected chi connectivity index (χ4v) is 4.16. The average Bonchev–Trinajstić information content (AvgIpc) is 2.95. The fourth-order valence-electron chi connectivity index (χ4n) is 2.62. The number of carboxylic acids is 1. The largest absolute Gasteiger partial charge is 0.481 e. The van der Waals surface area contributed by atoms with E-state index in [0.717, 1.165) is 18.4 Å². The van der Waals surface area contributed by atoms with Crippen LogP contribution in [-0.2, 0) is 21.2 Å². The standard InChI is InChI=1S/C15H21NO4S/c1-2-12-3-6-14(7-4-12)21(19,20)16-10-9-13(11-16)5-8-15(17)18/h3-4,6-7,13H,2,5,8-11H2,1H3,(H,17,18). The summed E-state index contributed by atoms with van der Waals surface area (Å²) >= 11 is 0. The van der Waals surface area contributed by atoms with Crippen LogP contribution in [0.1, 0.15) is 31.7 Å². The maximum atomic E-state index is 12.5. The van der Waals surface area contributed by atoms with Crippen molar-refractivity contribution in [3.05, 3.63) is 29.8 Å². The molecule has 1 heterocycles. The van der Waals surface area contributed by atoms with Gasteiger partial charge in [0.25, 0.3) is 0 Å². The summed E-state index contributed by atoms with van der Waals surface area (Å²) in [5, 5.41) is 8.70. The number of nitrogens with zero attached hydrogens (tertiary/aromatic N) is 1. The van der Waals surface area contributed by atoms with E-state index in [1.807, 2.05) is 19.1 Å². The first-order valence-corrected chi connectivity index (χ1v) is 8.68. The van der Waals surface area contributed by atoms with Crippen LogP contribution in [0.5, 0.6) is 0 Å². The fraction of sp³-hybridized carbons (Fsp3) is 0.533. The number of rotatable bonds is 6. The van der Waals surface area contributed by atoms with E-state index in [-0.39, 0.29) is 12.3 Å². The molecule has 1 atom stereocenters. The maximum Gasteiger partial charge on any atom is 0.303 e. The molecule has 1 aromatic carbocycles. The molecule has 116 valence electrons. The molecular formula is C15H21NO4S. The highest BCUT2D eigenvalue weighted by Crippen LogP contribution is 2.27. The van der Waals surface area contributed by atoms with Crippen LogP contribution >= 0.6 is 0 Å². The van der Waals surface area contributed by atoms with Crippen molar-refractivity contribution in [2.75, 3.05) is 13.1 Å². The number of aliphatic carboxylic acids is 1. The van der Waals surface area contributed by atoms with E-state index in [1.54, 1.807) is 12.1 Å². The minimum Gasteiger partial charge on any atom is -0.481 e. The van der Waals surface area contributed by atoms with Gasteiger partial charge in [0, 0.05) is 19.5 Å². The van der Waals surface area contributed by atoms with Gasteiger partial charge in [-0.05, 0) is 42.9 Å². The van der Waals surface area contributed by atoms with Crippen molar-refractivity contribution in [3.8, 4) is 0 Å². The lowest BCUT2D eigenvalue weighted by Gasteiger charge is -2.16. The Morgan fingerprint density at radius 3 is 2.57 bits per heavy atom. The Balaban J connectivity index is 2.04. The van der Waals surface area contributed by atoms with Gasteiger partial charge in [0.05, 0.1) is 4.90 Å². The number of benzene rings is 1. The van der Waals surface area contributed by atoms with E-state index in [1.165, 1.54) is 4.31 Å². The van der Waals surface area contributed by atoms with E-state index in [0.29, 0.717) is 24.4 Å². The molecule has 0 bridgehead atoms. The minimum atomic E-state index is -3.45. The lowest BCUT2D eigenvalue weighted by Crippen LogP contribution is -2.29. The maximum absolute atomic E-state index is 12.5. The summed E-state index contributed by atoms with van der Waals surface area (Å²) in [5.74, 6) is -0.683. The van der Waals surface area contributed by atoms with Crippen LogP contribution in [0.3, 0.4) is 0 Å². The Morgan fingerprint density at radius 2 is 2.00 bits per heavy atom. The second-order valence-electron chi connectivity index (χ2n) is 5.45. The van der Waals surface area contributed by atoms with Crippen LogP contribution in [0.25, 0.3) is 0 Å². The summed E-state index contributed by atoms with van der Waals surface area (Å²) in [4.78, 5) is 10.9. The Bertz CT molecular complexity index is 595. The van der Waals surface area contributed by atoms with Gasteiger partial charge in [0.1, 0.15) is 0 Å². The molecule has 0 amide bonds. The third-order valence-corrected chi connectivity index (χ3v) is 5.86. The number of aryl methyl sites for hydroxylation is 1. The molecule has 5 nitrogen and oxygen atoms in total. The molecule has 2 rings (SSSR count). The van der Waals surface area contributed by atoms with Gasteiger partial charge in [-0.1, -0.05) is 19.1 Å². The molecule has 1 saturated heterocycles. The van der Waals surface area contributed by atoms with Crippen molar-refractivity contribution in [2.45, 2.75) is 37.5 Å². The first kappa shape index (κ1) is 16.0. The highest BCUT2D eigenvalue weighted by Gasteiger charge is 2.32. The molecule has 1 N–H and O–H groups in total. The van der Waals surface area contributed by atoms with Crippen molar-refractivity contribution in [3.63, 3.8) is 0 Å². The predicted octanol–water partition coefficient (Wildman–Crippen LogP) is 2.12. The van der Waals surface area contributed by atoms with Crippen LogP contribution in [0, 0.1) is 5.92 Å². The Kier molecular flexibility index (Phi) is 5.00. The highest BCUT2D eigenvalue weighted by molar-refractivity contribution is 7.89. The highest BCUT2D eigenvalue weighted by atomic mass is 32.2. The van der Waals surface area contributed by atoms with Crippen molar-refractivity contribution < 1.29 is 18.3 Å². The zero-order valence-corrected chi connectivity index (χ0v) is 13.0. The molecule has 0 radical (unpaired) electrons. The van der Waals surface area contributed by atoms with Gasteiger partial charge in [0.15, 0.2) is 0 Å². The summed E-state index contributed by atoms with van der Waals surface area (Å²) in [6, 6.07) is 6.98. The van der Waals surface area contributed by atoms with Gasteiger partial charge < -0.3 is 5.11 Å². The van der Waals surface area contributed by atoms with Crippen LogP contribution < -0.4 is 0 Å². The minimum absolute atomic E-state index is 0.101. The van der Waals surface area contributed by atoms with Crippen molar-refractivity contribution in [1.29, 1.82) is 0 Å². The molecule has 0 saturated carbocycles. The quantitative estimate of drug-likeness (QED) is 0.873. The topological polar surface area (TPSA) is 74.7 Å². The lowest BCUT2D eigenvalue weighted by atomic mass is 10.0. The molecule has 0 spiro atoms. The van der Waals surface area contributed by atoms with E-state index in [2.05, 4.69) is 0 Å². The zero-order chi connectivity index (χ0) is 15.5. The van der Waals surface area contributed by atoms with E-state index in [4.69, 9.17) is 5.11 Å². The Hall–Kier alpha value is -1.40. The van der Waals surface area contributed by atoms with Crippen LogP contribution in [-0.4, -0.2) is 36.9 Å². The average molecular weight is 311 g/mol. The molecule has 0 aliphatic carbocycles. The summed E-state index contributed by atoms with van der Waals surface area (Å²) in [7, 11) is -3.45. The SMILES string of the molecule is CCc1ccc(S(=O)(=O)N2CCC(CCC(=O)O)C2)cc1. The van der Waals surface area contributed by atoms with Crippen molar-refractivity contribution >= 4 is 16.0 Å². The smallest absolute Gasteiger partial charge is 0.303 e. The third kappa shape index (κ3) is 3.83. The first-order chi connectivity index (χ1) is 9.93. The number of carboxylic acid groups (broad SMARTS) is 1. The summed E-state index contributed by atoms with van der Waals surface area (Å²) in [6.45, 7) is 2.92. The van der Waals surface area contributed by atoms with Gasteiger partial charge in [-0.2, -0.15) is 4.31 Å². The van der Waals surface area contributed by atoms with Crippen molar-refractivity contribution in [1.82, 2.24) is 4.31 Å². The molecule has 1 fully saturated rings. The summed E-state index contributed by atoms with van der Waals surface area (Å²) < 4.78 is 26.5. The predicted molar refractivity (Wildman–Crippen MR) is 79.6 cm³/mol. The molecule has 6 heteroatoms. The van der Waals surface area contributed by atoms with Crippen LogP contribution in [0.4, 0.5) is 0 Å². The number of hydrogen-bond donors (Lipinski definition) is 1. The number of carbonyl (C=O) groups is 1. The molecular weight excluding hydrogens is 290 g/mol. The van der Waals surface area contributed by atoms with E-state index in [9.17, 15) is 13.2 Å². The third-order valence-electron chi connectivity index (χ3n) is 3.98. The molecule has 1 aromatic rings. The second-order valence-corrected chi connectivity index (χ2v) is 7.39. The van der Waals surface area contributed by atoms with E-state index < -0.39 is 16.0 Å². The molecule has 1 aliphatic heterocycles. The van der Waals surface area contributed by atoms with Gasteiger partial charge >= 0.3 is 5.97 Å². The van der Waals surface area contributed by atoms with Gasteiger partial charge in [0.2, 0.25) is 10.0 Å². The normalized spacial score (nSPS) is 19.8. The molecule has 21 heavy (non-hydrogen) atoms.